The Labute approximate surface area is 143 Å². The Balaban J connectivity index is 1.89. The molecule has 0 radical (unpaired) electrons. The molecule has 0 aromatic heterocycles. The van der Waals surface area contributed by atoms with Gasteiger partial charge in [0.05, 0.1) is 25.1 Å². The monoisotopic (exact) mass is 328 g/mol. The van der Waals surface area contributed by atoms with Crippen LogP contribution in [0.25, 0.3) is 0 Å². The molecule has 0 heterocycles. The normalized spacial score (nSPS) is 10.1. The average Bonchev–Trinajstić information content (AvgIpc) is 2.57. The first kappa shape index (κ1) is 17.7. The first-order valence-corrected chi connectivity index (χ1v) is 8.04. The second-order valence-corrected chi connectivity index (χ2v) is 5.36. The molecule has 128 valence electrons. The number of aryl methyl sites for hydroxylation is 1. The number of carbonyl (C=O) groups is 1. The molecule has 0 fully saturated rings. The standard InChI is InChI=1S/C19H24N2O3/c1-4-24-18-8-6-5-7-15(18)20-12-11-19(22)21-16-13-14(2)9-10-17(16)23-3/h5-10,13,20H,4,11-12H2,1-3H3,(H,21,22). The number of methoxy groups -OCH3 is 1. The minimum Gasteiger partial charge on any atom is -0.495 e. The summed E-state index contributed by atoms with van der Waals surface area (Å²) in [6, 6.07) is 13.4. The van der Waals surface area contributed by atoms with Crippen LogP contribution < -0.4 is 20.1 Å². The van der Waals surface area contributed by atoms with Crippen LogP contribution in [0, 0.1) is 6.92 Å². The van der Waals surface area contributed by atoms with Crippen LogP contribution in [0.5, 0.6) is 11.5 Å². The van der Waals surface area contributed by atoms with Crippen molar-refractivity contribution in [2.24, 2.45) is 0 Å². The Bertz CT molecular complexity index is 686. The third kappa shape index (κ3) is 4.91. The van der Waals surface area contributed by atoms with E-state index in [1.807, 2.05) is 56.3 Å². The molecule has 0 spiro atoms. The van der Waals surface area contributed by atoms with E-state index in [0.717, 1.165) is 17.0 Å². The largest absolute Gasteiger partial charge is 0.495 e. The fourth-order valence-electron chi connectivity index (χ4n) is 2.34. The lowest BCUT2D eigenvalue weighted by Crippen LogP contribution is -2.17. The number of rotatable bonds is 8. The quantitative estimate of drug-likeness (QED) is 0.773. The van der Waals surface area contributed by atoms with Crippen LogP contribution in [0.4, 0.5) is 11.4 Å². The molecule has 0 unspecified atom stereocenters. The molecule has 2 N–H and O–H groups in total. The summed E-state index contributed by atoms with van der Waals surface area (Å²) in [7, 11) is 1.59. The van der Waals surface area contributed by atoms with Gasteiger partial charge in [-0.2, -0.15) is 0 Å². The summed E-state index contributed by atoms with van der Waals surface area (Å²) in [5.74, 6) is 1.38. The van der Waals surface area contributed by atoms with Crippen LogP contribution in [0.1, 0.15) is 18.9 Å². The topological polar surface area (TPSA) is 59.6 Å². The van der Waals surface area contributed by atoms with Gasteiger partial charge in [-0.3, -0.25) is 4.79 Å². The molecule has 5 nitrogen and oxygen atoms in total. The van der Waals surface area contributed by atoms with Gasteiger partial charge in [-0.1, -0.05) is 18.2 Å². The molecule has 0 aliphatic rings. The maximum absolute atomic E-state index is 12.2. The van der Waals surface area contributed by atoms with Crippen molar-refractivity contribution in [1.82, 2.24) is 0 Å². The Hall–Kier alpha value is -2.69. The summed E-state index contributed by atoms with van der Waals surface area (Å²) < 4.78 is 10.8. The lowest BCUT2D eigenvalue weighted by molar-refractivity contribution is -0.116. The lowest BCUT2D eigenvalue weighted by Gasteiger charge is -2.13. The zero-order chi connectivity index (χ0) is 17.4. The van der Waals surface area contributed by atoms with E-state index < -0.39 is 0 Å². The highest BCUT2D eigenvalue weighted by Gasteiger charge is 2.08. The lowest BCUT2D eigenvalue weighted by atomic mass is 10.2. The van der Waals surface area contributed by atoms with Gasteiger partial charge in [0, 0.05) is 13.0 Å². The summed E-state index contributed by atoms with van der Waals surface area (Å²) in [6.07, 6.45) is 0.345. The smallest absolute Gasteiger partial charge is 0.226 e. The van der Waals surface area contributed by atoms with Gasteiger partial charge in [-0.05, 0) is 43.7 Å². The fraction of sp³-hybridized carbons (Fsp3) is 0.316. The fourth-order valence-corrected chi connectivity index (χ4v) is 2.34. The molecule has 0 aliphatic carbocycles. The Kier molecular flexibility index (Phi) is 6.49. The zero-order valence-corrected chi connectivity index (χ0v) is 14.4. The van der Waals surface area contributed by atoms with Gasteiger partial charge in [0.15, 0.2) is 0 Å². The number of para-hydroxylation sites is 2. The van der Waals surface area contributed by atoms with Crippen LogP contribution in [0.3, 0.4) is 0 Å². The van der Waals surface area contributed by atoms with E-state index in [9.17, 15) is 4.79 Å². The molecule has 0 bridgehead atoms. The molecule has 1 amide bonds. The summed E-state index contributed by atoms with van der Waals surface area (Å²) in [4.78, 5) is 12.2. The van der Waals surface area contributed by atoms with Crippen molar-refractivity contribution in [2.75, 3.05) is 30.9 Å². The summed E-state index contributed by atoms with van der Waals surface area (Å²) >= 11 is 0. The summed E-state index contributed by atoms with van der Waals surface area (Å²) in [5, 5.41) is 6.13. The van der Waals surface area contributed by atoms with E-state index in [0.29, 0.717) is 31.0 Å². The predicted octanol–water partition coefficient (Wildman–Crippen LogP) is 3.84. The van der Waals surface area contributed by atoms with Gasteiger partial charge in [0.2, 0.25) is 5.91 Å². The highest BCUT2D eigenvalue weighted by molar-refractivity contribution is 5.92. The summed E-state index contributed by atoms with van der Waals surface area (Å²) in [6.45, 7) is 5.04. The van der Waals surface area contributed by atoms with Gasteiger partial charge in [0.1, 0.15) is 11.5 Å². The Morgan fingerprint density at radius 2 is 1.88 bits per heavy atom. The molecular formula is C19H24N2O3. The number of nitrogens with one attached hydrogen (secondary N) is 2. The van der Waals surface area contributed by atoms with Crippen LogP contribution in [-0.4, -0.2) is 26.2 Å². The third-order valence-electron chi connectivity index (χ3n) is 3.48. The van der Waals surface area contributed by atoms with Gasteiger partial charge >= 0.3 is 0 Å². The molecule has 0 aliphatic heterocycles. The highest BCUT2D eigenvalue weighted by Crippen LogP contribution is 2.26. The van der Waals surface area contributed by atoms with E-state index >= 15 is 0 Å². The van der Waals surface area contributed by atoms with Crippen molar-refractivity contribution in [3.63, 3.8) is 0 Å². The number of amides is 1. The van der Waals surface area contributed by atoms with E-state index in [1.165, 1.54) is 0 Å². The maximum atomic E-state index is 12.2. The molecule has 0 saturated carbocycles. The minimum atomic E-state index is -0.0692. The Morgan fingerprint density at radius 3 is 2.62 bits per heavy atom. The maximum Gasteiger partial charge on any atom is 0.226 e. The zero-order valence-electron chi connectivity index (χ0n) is 14.4. The third-order valence-corrected chi connectivity index (χ3v) is 3.48. The molecule has 24 heavy (non-hydrogen) atoms. The first-order valence-electron chi connectivity index (χ1n) is 8.04. The van der Waals surface area contributed by atoms with E-state index in [4.69, 9.17) is 9.47 Å². The van der Waals surface area contributed by atoms with Crippen molar-refractivity contribution in [2.45, 2.75) is 20.3 Å². The molecule has 2 rings (SSSR count). The van der Waals surface area contributed by atoms with Gasteiger partial charge < -0.3 is 20.1 Å². The molecule has 2 aromatic carbocycles. The van der Waals surface area contributed by atoms with Crippen molar-refractivity contribution in [1.29, 1.82) is 0 Å². The van der Waals surface area contributed by atoms with Crippen LogP contribution in [0.15, 0.2) is 42.5 Å². The molecule has 2 aromatic rings. The average molecular weight is 328 g/mol. The van der Waals surface area contributed by atoms with Crippen molar-refractivity contribution >= 4 is 17.3 Å². The van der Waals surface area contributed by atoms with Crippen LogP contribution in [-0.2, 0) is 4.79 Å². The predicted molar refractivity (Wildman–Crippen MR) is 97.1 cm³/mol. The number of anilines is 2. The van der Waals surface area contributed by atoms with E-state index in [2.05, 4.69) is 10.6 Å². The molecule has 0 atom stereocenters. The minimum absolute atomic E-state index is 0.0692. The van der Waals surface area contributed by atoms with Crippen molar-refractivity contribution in [3.05, 3.63) is 48.0 Å². The van der Waals surface area contributed by atoms with Crippen molar-refractivity contribution in [3.8, 4) is 11.5 Å². The molecule has 5 heteroatoms. The Morgan fingerprint density at radius 1 is 1.08 bits per heavy atom. The second kappa shape index (κ2) is 8.82. The van der Waals surface area contributed by atoms with Crippen LogP contribution in [0.2, 0.25) is 0 Å². The van der Waals surface area contributed by atoms with Crippen molar-refractivity contribution < 1.29 is 14.3 Å². The highest BCUT2D eigenvalue weighted by atomic mass is 16.5. The number of hydrogen-bond donors (Lipinski definition) is 2. The molecule has 0 saturated heterocycles. The number of benzene rings is 2. The van der Waals surface area contributed by atoms with E-state index in [1.54, 1.807) is 7.11 Å². The SMILES string of the molecule is CCOc1ccccc1NCCC(=O)Nc1cc(C)ccc1OC. The summed E-state index contributed by atoms with van der Waals surface area (Å²) in [5.41, 5.74) is 2.65. The second-order valence-electron chi connectivity index (χ2n) is 5.36. The number of carbonyl (C=O) groups excluding carboxylic acids is 1. The van der Waals surface area contributed by atoms with Gasteiger partial charge in [0.25, 0.3) is 0 Å². The first-order chi connectivity index (χ1) is 11.6. The molecular weight excluding hydrogens is 304 g/mol. The number of ether oxygens (including phenoxy) is 2. The van der Waals surface area contributed by atoms with Gasteiger partial charge in [-0.15, -0.1) is 0 Å². The van der Waals surface area contributed by atoms with E-state index in [-0.39, 0.29) is 5.91 Å². The van der Waals surface area contributed by atoms with Crippen LogP contribution >= 0.6 is 0 Å². The number of hydrogen-bond acceptors (Lipinski definition) is 4. The van der Waals surface area contributed by atoms with Gasteiger partial charge in [-0.25, -0.2) is 0 Å².